The minimum atomic E-state index is 0.181. The van der Waals surface area contributed by atoms with E-state index in [1.807, 2.05) is 34.1 Å². The molecule has 6 heteroatoms. The minimum Gasteiger partial charge on any atom is -0.399 e. The highest BCUT2D eigenvalue weighted by Gasteiger charge is 2.23. The molecule has 2 heterocycles. The Morgan fingerprint density at radius 1 is 0.846 bits per heavy atom. The first-order chi connectivity index (χ1) is 12.6. The first kappa shape index (κ1) is 18.7. The quantitative estimate of drug-likeness (QED) is 0.807. The van der Waals surface area contributed by atoms with Crippen molar-refractivity contribution in [2.24, 2.45) is 0 Å². The third-order valence-corrected chi connectivity index (χ3v) is 5.42. The molecule has 1 aromatic rings. The molecule has 0 bridgehead atoms. The van der Waals surface area contributed by atoms with Gasteiger partial charge in [-0.05, 0) is 37.3 Å². The maximum absolute atomic E-state index is 12.6. The van der Waals surface area contributed by atoms with Crippen LogP contribution in [-0.4, -0.2) is 72.3 Å². The number of nitrogens with two attached hydrogens (primary N) is 1. The minimum absolute atomic E-state index is 0.181. The van der Waals surface area contributed by atoms with E-state index in [1.165, 1.54) is 0 Å². The van der Waals surface area contributed by atoms with E-state index in [4.69, 9.17) is 5.73 Å². The number of nitrogen functional groups attached to an aromatic ring is 1. The van der Waals surface area contributed by atoms with Crippen LogP contribution in [0, 0.1) is 0 Å². The largest absolute Gasteiger partial charge is 0.399 e. The molecule has 26 heavy (non-hydrogen) atoms. The van der Waals surface area contributed by atoms with Crippen LogP contribution in [0.2, 0.25) is 0 Å². The molecule has 2 fully saturated rings. The van der Waals surface area contributed by atoms with Gasteiger partial charge in [0.25, 0.3) is 0 Å². The highest BCUT2D eigenvalue weighted by Crippen LogP contribution is 2.14. The predicted molar refractivity (Wildman–Crippen MR) is 103 cm³/mol. The molecule has 1 aromatic carbocycles. The van der Waals surface area contributed by atoms with Crippen LogP contribution in [0.15, 0.2) is 24.3 Å². The van der Waals surface area contributed by atoms with Crippen LogP contribution < -0.4 is 5.73 Å². The van der Waals surface area contributed by atoms with E-state index < -0.39 is 0 Å². The van der Waals surface area contributed by atoms with Gasteiger partial charge in [0.15, 0.2) is 0 Å². The molecule has 0 aliphatic carbocycles. The Hall–Kier alpha value is -2.08. The number of amides is 2. The second kappa shape index (κ2) is 9.03. The van der Waals surface area contributed by atoms with Gasteiger partial charge in [-0.25, -0.2) is 0 Å². The molecule has 0 spiro atoms. The number of anilines is 1. The summed E-state index contributed by atoms with van der Waals surface area (Å²) in [5.74, 6) is 0.419. The first-order valence-corrected chi connectivity index (χ1v) is 9.75. The van der Waals surface area contributed by atoms with Gasteiger partial charge >= 0.3 is 0 Å². The number of benzene rings is 1. The van der Waals surface area contributed by atoms with Gasteiger partial charge in [-0.1, -0.05) is 18.2 Å². The third-order valence-electron chi connectivity index (χ3n) is 5.42. The molecule has 0 atom stereocenters. The van der Waals surface area contributed by atoms with Gasteiger partial charge < -0.3 is 15.5 Å². The summed E-state index contributed by atoms with van der Waals surface area (Å²) in [6.07, 6.45) is 4.34. The SMILES string of the molecule is Nc1ccccc1CCC(=O)N1CCCN(CC(=O)N2CCCC2)CC1. The van der Waals surface area contributed by atoms with Gasteiger partial charge in [-0.2, -0.15) is 0 Å². The molecule has 142 valence electrons. The van der Waals surface area contributed by atoms with Gasteiger partial charge in [0, 0.05) is 51.4 Å². The van der Waals surface area contributed by atoms with Gasteiger partial charge in [-0.15, -0.1) is 0 Å². The molecule has 2 aliphatic rings. The lowest BCUT2D eigenvalue weighted by Gasteiger charge is -2.24. The highest BCUT2D eigenvalue weighted by molar-refractivity contribution is 5.78. The van der Waals surface area contributed by atoms with Crippen LogP contribution in [0.1, 0.15) is 31.2 Å². The second-order valence-electron chi connectivity index (χ2n) is 7.30. The van der Waals surface area contributed by atoms with Crippen molar-refractivity contribution in [2.45, 2.75) is 32.1 Å². The molecular weight excluding hydrogens is 328 g/mol. The molecule has 2 aliphatic heterocycles. The summed E-state index contributed by atoms with van der Waals surface area (Å²) < 4.78 is 0. The summed E-state index contributed by atoms with van der Waals surface area (Å²) in [4.78, 5) is 31.0. The lowest BCUT2D eigenvalue weighted by atomic mass is 10.1. The lowest BCUT2D eigenvalue weighted by Crippen LogP contribution is -2.41. The predicted octanol–water partition coefficient (Wildman–Crippen LogP) is 1.36. The molecule has 2 amide bonds. The van der Waals surface area contributed by atoms with Crippen LogP contribution >= 0.6 is 0 Å². The van der Waals surface area contributed by atoms with E-state index in [9.17, 15) is 9.59 Å². The molecule has 0 aromatic heterocycles. The van der Waals surface area contributed by atoms with E-state index in [0.29, 0.717) is 25.9 Å². The number of hydrogen-bond donors (Lipinski definition) is 1. The third kappa shape index (κ3) is 4.97. The topological polar surface area (TPSA) is 69.9 Å². The van der Waals surface area contributed by atoms with Gasteiger partial charge in [0.1, 0.15) is 0 Å². The summed E-state index contributed by atoms with van der Waals surface area (Å²) in [6.45, 7) is 5.43. The first-order valence-electron chi connectivity index (χ1n) is 9.75. The average molecular weight is 358 g/mol. The molecule has 0 radical (unpaired) electrons. The van der Waals surface area contributed by atoms with Gasteiger partial charge in [0.05, 0.1) is 6.54 Å². The fourth-order valence-corrected chi connectivity index (χ4v) is 3.80. The molecule has 0 unspecified atom stereocenters. The summed E-state index contributed by atoms with van der Waals surface area (Å²) in [7, 11) is 0. The van der Waals surface area contributed by atoms with Crippen molar-refractivity contribution in [3.63, 3.8) is 0 Å². The Balaban J connectivity index is 1.44. The number of hydrogen-bond acceptors (Lipinski definition) is 4. The van der Waals surface area contributed by atoms with E-state index in [0.717, 1.165) is 63.2 Å². The molecule has 2 N–H and O–H groups in total. The van der Waals surface area contributed by atoms with Gasteiger partial charge in [0.2, 0.25) is 11.8 Å². The Morgan fingerprint density at radius 2 is 1.54 bits per heavy atom. The Labute approximate surface area is 155 Å². The number of rotatable bonds is 5. The van der Waals surface area contributed by atoms with Crippen molar-refractivity contribution in [2.75, 3.05) is 51.5 Å². The molecule has 6 nitrogen and oxygen atoms in total. The van der Waals surface area contributed by atoms with Gasteiger partial charge in [-0.3, -0.25) is 14.5 Å². The van der Waals surface area contributed by atoms with Crippen molar-refractivity contribution < 1.29 is 9.59 Å². The molecular formula is C20H30N4O2. The van der Waals surface area contributed by atoms with Crippen LogP contribution in [0.4, 0.5) is 5.69 Å². The van der Waals surface area contributed by atoms with Crippen LogP contribution in [0.25, 0.3) is 0 Å². The molecule has 0 saturated carbocycles. The van der Waals surface area contributed by atoms with E-state index >= 15 is 0 Å². The number of carbonyl (C=O) groups is 2. The normalized spacial score (nSPS) is 18.8. The zero-order chi connectivity index (χ0) is 18.4. The number of nitrogens with zero attached hydrogens (tertiary/aromatic N) is 3. The number of likely N-dealkylation sites (tertiary alicyclic amines) is 1. The maximum atomic E-state index is 12.6. The fourth-order valence-electron chi connectivity index (χ4n) is 3.80. The monoisotopic (exact) mass is 358 g/mol. The number of carbonyl (C=O) groups excluding carboxylic acids is 2. The molecule has 2 saturated heterocycles. The summed E-state index contributed by atoms with van der Waals surface area (Å²) >= 11 is 0. The Bertz CT molecular complexity index is 628. The van der Waals surface area contributed by atoms with Crippen LogP contribution in [-0.2, 0) is 16.0 Å². The standard InChI is InChI=1S/C20H30N4O2/c21-18-7-2-1-6-17(18)8-9-19(25)24-13-5-10-22(14-15-24)16-20(26)23-11-3-4-12-23/h1-2,6-7H,3-5,8-16,21H2. The van der Waals surface area contributed by atoms with Crippen molar-refractivity contribution in [3.8, 4) is 0 Å². The van der Waals surface area contributed by atoms with Crippen molar-refractivity contribution in [1.82, 2.24) is 14.7 Å². The van der Waals surface area contributed by atoms with Crippen molar-refractivity contribution in [1.29, 1.82) is 0 Å². The number of aryl methyl sites for hydroxylation is 1. The van der Waals surface area contributed by atoms with Crippen LogP contribution in [0.3, 0.4) is 0 Å². The van der Waals surface area contributed by atoms with E-state index in [2.05, 4.69) is 4.90 Å². The molecule has 3 rings (SSSR count). The Kier molecular flexibility index (Phi) is 6.50. The number of para-hydroxylation sites is 1. The zero-order valence-electron chi connectivity index (χ0n) is 15.5. The summed E-state index contributed by atoms with van der Waals surface area (Å²) in [6, 6.07) is 7.72. The van der Waals surface area contributed by atoms with E-state index in [-0.39, 0.29) is 11.8 Å². The summed E-state index contributed by atoms with van der Waals surface area (Å²) in [5.41, 5.74) is 7.75. The highest BCUT2D eigenvalue weighted by atomic mass is 16.2. The summed E-state index contributed by atoms with van der Waals surface area (Å²) in [5, 5.41) is 0. The van der Waals surface area contributed by atoms with Crippen molar-refractivity contribution >= 4 is 17.5 Å². The maximum Gasteiger partial charge on any atom is 0.236 e. The zero-order valence-corrected chi connectivity index (χ0v) is 15.5. The fraction of sp³-hybridized carbons (Fsp3) is 0.600. The van der Waals surface area contributed by atoms with Crippen LogP contribution in [0.5, 0.6) is 0 Å². The average Bonchev–Trinajstić information content (AvgIpc) is 3.08. The second-order valence-corrected chi connectivity index (χ2v) is 7.30. The smallest absolute Gasteiger partial charge is 0.236 e. The lowest BCUT2D eigenvalue weighted by molar-refractivity contribution is -0.131. The Morgan fingerprint density at radius 3 is 2.31 bits per heavy atom. The van der Waals surface area contributed by atoms with Crippen molar-refractivity contribution in [3.05, 3.63) is 29.8 Å². The van der Waals surface area contributed by atoms with E-state index in [1.54, 1.807) is 0 Å².